The highest BCUT2D eigenvalue weighted by atomic mass is 19.4. The van der Waals surface area contributed by atoms with Gasteiger partial charge in [0.15, 0.2) is 0 Å². The molecule has 2 aromatic rings. The third-order valence-electron chi connectivity index (χ3n) is 8.06. The van der Waals surface area contributed by atoms with E-state index in [1.807, 2.05) is 12.1 Å². The van der Waals surface area contributed by atoms with Crippen LogP contribution in [0, 0.1) is 11.8 Å². The van der Waals surface area contributed by atoms with Crippen LogP contribution in [0.25, 0.3) is 0 Å². The van der Waals surface area contributed by atoms with Crippen molar-refractivity contribution >= 4 is 17.7 Å². The first kappa shape index (κ1) is 27.3. The first-order chi connectivity index (χ1) is 18.7. The van der Waals surface area contributed by atoms with E-state index in [9.17, 15) is 27.9 Å². The number of nitrogens with zero attached hydrogens (tertiary/aromatic N) is 3. The van der Waals surface area contributed by atoms with Crippen molar-refractivity contribution in [2.24, 2.45) is 11.8 Å². The maximum absolute atomic E-state index is 13.7. The highest BCUT2D eigenvalue weighted by Gasteiger charge is 2.35. The Morgan fingerprint density at radius 3 is 2.54 bits per heavy atom. The molecule has 0 bridgehead atoms. The molecule has 1 unspecified atom stereocenters. The number of nitrogens with one attached hydrogen (secondary N) is 1. The second kappa shape index (κ2) is 11.5. The number of rotatable bonds is 9. The van der Waals surface area contributed by atoms with Crippen molar-refractivity contribution in [2.75, 3.05) is 44.6 Å². The first-order valence-corrected chi connectivity index (χ1v) is 13.6. The van der Waals surface area contributed by atoms with E-state index in [0.717, 1.165) is 43.7 Å². The molecule has 0 radical (unpaired) electrons. The summed E-state index contributed by atoms with van der Waals surface area (Å²) in [4.78, 5) is 30.1. The molecule has 2 aliphatic heterocycles. The van der Waals surface area contributed by atoms with E-state index in [4.69, 9.17) is 0 Å². The minimum atomic E-state index is -4.53. The van der Waals surface area contributed by atoms with Crippen molar-refractivity contribution in [1.29, 1.82) is 0 Å². The summed E-state index contributed by atoms with van der Waals surface area (Å²) < 4.78 is 41.1. The van der Waals surface area contributed by atoms with Crippen LogP contribution in [-0.4, -0.2) is 71.1 Å². The number of hydrogen-bond acceptors (Lipinski definition) is 4. The van der Waals surface area contributed by atoms with E-state index in [-0.39, 0.29) is 43.6 Å². The van der Waals surface area contributed by atoms with Gasteiger partial charge in [-0.05, 0) is 66.3 Å². The van der Waals surface area contributed by atoms with E-state index in [1.165, 1.54) is 52.0 Å². The Balaban J connectivity index is 1.29. The van der Waals surface area contributed by atoms with Gasteiger partial charge >= 0.3 is 12.3 Å². The zero-order valence-corrected chi connectivity index (χ0v) is 21.9. The molecule has 2 heterocycles. The highest BCUT2D eigenvalue weighted by Crippen LogP contribution is 2.34. The average molecular weight is 545 g/mol. The summed E-state index contributed by atoms with van der Waals surface area (Å²) in [5.41, 5.74) is 2.59. The smallest absolute Gasteiger partial charge is 0.416 e. The summed E-state index contributed by atoms with van der Waals surface area (Å²) in [5.74, 6) is 0.371. The van der Waals surface area contributed by atoms with Gasteiger partial charge in [0.1, 0.15) is 0 Å². The molecule has 2 amide bonds. The number of carbonyl (C=O) groups excluding carboxylic acids is 1. The molecule has 7 nitrogen and oxygen atoms in total. The van der Waals surface area contributed by atoms with Crippen LogP contribution in [0.15, 0.2) is 42.5 Å². The largest absolute Gasteiger partial charge is 0.465 e. The molecule has 5 rings (SSSR count). The topological polar surface area (TPSA) is 76.1 Å². The minimum absolute atomic E-state index is 0.0271. The number of fused-ring (bicyclic) bond motifs is 1. The van der Waals surface area contributed by atoms with E-state index in [0.29, 0.717) is 13.0 Å². The Labute approximate surface area is 226 Å². The van der Waals surface area contributed by atoms with Crippen LogP contribution >= 0.6 is 0 Å². The molecule has 2 aromatic carbocycles. The van der Waals surface area contributed by atoms with Crippen LogP contribution in [0.2, 0.25) is 0 Å². The molecule has 2 N–H and O–H groups in total. The zero-order valence-electron chi connectivity index (χ0n) is 21.9. The molecule has 1 saturated heterocycles. The van der Waals surface area contributed by atoms with E-state index >= 15 is 0 Å². The monoisotopic (exact) mass is 544 g/mol. The molecular weight excluding hydrogens is 509 g/mol. The molecule has 2 fully saturated rings. The number of carboxylic acid groups (broad SMARTS) is 1. The summed E-state index contributed by atoms with van der Waals surface area (Å²) in [6.45, 7) is 3.55. The van der Waals surface area contributed by atoms with Crippen molar-refractivity contribution in [1.82, 2.24) is 14.7 Å². The number of carbonyl (C=O) groups is 2. The number of halogens is 3. The molecule has 39 heavy (non-hydrogen) atoms. The van der Waals surface area contributed by atoms with Gasteiger partial charge in [0.05, 0.1) is 12.1 Å². The second-order valence-electron chi connectivity index (χ2n) is 11.0. The molecular formula is C29H35F3N4O3. The molecule has 210 valence electrons. The van der Waals surface area contributed by atoms with Gasteiger partial charge in [0.25, 0.3) is 0 Å². The van der Waals surface area contributed by atoms with Gasteiger partial charge in [-0.3, -0.25) is 9.69 Å². The van der Waals surface area contributed by atoms with Crippen LogP contribution in [0.4, 0.5) is 23.7 Å². The van der Waals surface area contributed by atoms with Crippen LogP contribution in [0.5, 0.6) is 0 Å². The second-order valence-corrected chi connectivity index (χ2v) is 11.0. The molecule has 0 spiro atoms. The van der Waals surface area contributed by atoms with E-state index < -0.39 is 17.8 Å². The minimum Gasteiger partial charge on any atom is -0.465 e. The van der Waals surface area contributed by atoms with E-state index in [1.54, 1.807) is 0 Å². The number of alkyl halides is 3. The van der Waals surface area contributed by atoms with Crippen molar-refractivity contribution in [2.45, 2.75) is 44.9 Å². The van der Waals surface area contributed by atoms with Crippen molar-refractivity contribution in [3.63, 3.8) is 0 Å². The molecule has 1 atom stereocenters. The molecule has 0 aromatic heterocycles. The van der Waals surface area contributed by atoms with Gasteiger partial charge in [-0.25, -0.2) is 4.79 Å². The molecule has 1 aliphatic carbocycles. The summed E-state index contributed by atoms with van der Waals surface area (Å²) >= 11 is 0. The van der Waals surface area contributed by atoms with E-state index in [2.05, 4.69) is 16.3 Å². The molecule has 10 heteroatoms. The Bertz CT molecular complexity index is 1200. The quantitative estimate of drug-likeness (QED) is 0.469. The average Bonchev–Trinajstić information content (AvgIpc) is 3.59. The Hall–Kier alpha value is -3.27. The summed E-state index contributed by atoms with van der Waals surface area (Å²) in [6, 6.07) is 11.4. The zero-order chi connectivity index (χ0) is 27.6. The maximum atomic E-state index is 13.7. The van der Waals surface area contributed by atoms with Gasteiger partial charge < -0.3 is 20.2 Å². The SMILES string of the molecule is O=C(O)N1CCC(CN(Cc2ccccc2C(F)(F)F)C(=O)CNc2cccc3c2CCN(CC2CC2)C3)C1. The fourth-order valence-corrected chi connectivity index (χ4v) is 5.80. The summed E-state index contributed by atoms with van der Waals surface area (Å²) in [6.07, 6.45) is -1.49. The predicted octanol–water partition coefficient (Wildman–Crippen LogP) is 4.91. The van der Waals surface area contributed by atoms with Gasteiger partial charge in [0, 0.05) is 51.5 Å². The van der Waals surface area contributed by atoms with Crippen molar-refractivity contribution in [3.8, 4) is 0 Å². The fraction of sp³-hybridized carbons (Fsp3) is 0.517. The number of likely N-dealkylation sites (tertiary alicyclic amines) is 1. The Morgan fingerprint density at radius 1 is 1.03 bits per heavy atom. The number of amides is 2. The summed E-state index contributed by atoms with van der Waals surface area (Å²) in [7, 11) is 0. The van der Waals surface area contributed by atoms with Crippen LogP contribution < -0.4 is 5.32 Å². The number of anilines is 1. The Kier molecular flexibility index (Phi) is 8.02. The van der Waals surface area contributed by atoms with Crippen LogP contribution in [0.3, 0.4) is 0 Å². The fourth-order valence-electron chi connectivity index (χ4n) is 5.80. The standard InChI is InChI=1S/C29H35F3N4O3/c30-29(31,32)25-6-2-1-4-23(25)19-36(17-21-10-13-35(16-21)28(38)39)27(37)14-33-26-7-3-5-22-18-34(12-11-24(22)26)15-20-8-9-20/h1-7,20-21,33H,8-19H2,(H,38,39). The van der Waals surface area contributed by atoms with Gasteiger partial charge in [-0.2, -0.15) is 13.2 Å². The Morgan fingerprint density at radius 2 is 1.82 bits per heavy atom. The van der Waals surface area contributed by atoms with Crippen molar-refractivity contribution in [3.05, 3.63) is 64.7 Å². The lowest BCUT2D eigenvalue weighted by molar-refractivity contribution is -0.139. The maximum Gasteiger partial charge on any atom is 0.416 e. The number of hydrogen-bond donors (Lipinski definition) is 2. The normalized spacial score (nSPS) is 19.6. The van der Waals surface area contributed by atoms with Gasteiger partial charge in [0.2, 0.25) is 5.91 Å². The van der Waals surface area contributed by atoms with Gasteiger partial charge in [-0.15, -0.1) is 0 Å². The molecule has 1 saturated carbocycles. The lowest BCUT2D eigenvalue weighted by Gasteiger charge is -2.31. The number of benzene rings is 2. The van der Waals surface area contributed by atoms with Crippen LogP contribution in [-0.2, 0) is 30.5 Å². The lowest BCUT2D eigenvalue weighted by Crippen LogP contribution is -2.40. The third kappa shape index (κ3) is 6.84. The van der Waals surface area contributed by atoms with Crippen LogP contribution in [0.1, 0.15) is 41.5 Å². The lowest BCUT2D eigenvalue weighted by atomic mass is 9.97. The van der Waals surface area contributed by atoms with Crippen molar-refractivity contribution < 1.29 is 27.9 Å². The first-order valence-electron chi connectivity index (χ1n) is 13.6. The summed E-state index contributed by atoms with van der Waals surface area (Å²) in [5, 5.41) is 12.6. The van der Waals surface area contributed by atoms with Gasteiger partial charge in [-0.1, -0.05) is 30.3 Å². The highest BCUT2D eigenvalue weighted by molar-refractivity contribution is 5.81. The third-order valence-corrected chi connectivity index (χ3v) is 8.06. The predicted molar refractivity (Wildman–Crippen MR) is 141 cm³/mol. The molecule has 3 aliphatic rings.